The minimum absolute atomic E-state index is 0.0476. The van der Waals surface area contributed by atoms with E-state index in [1.165, 1.54) is 18.3 Å². The second-order valence-corrected chi connectivity index (χ2v) is 9.72. The molecule has 0 unspecified atom stereocenters. The summed E-state index contributed by atoms with van der Waals surface area (Å²) >= 11 is 2.93. The average Bonchev–Trinajstić information content (AvgIpc) is 3.38. The molecule has 1 saturated carbocycles. The van der Waals surface area contributed by atoms with Gasteiger partial charge in [-0.1, -0.05) is 35.8 Å². The van der Waals surface area contributed by atoms with Crippen molar-refractivity contribution in [2.75, 3.05) is 22.9 Å². The van der Waals surface area contributed by atoms with Crippen LogP contribution in [0.5, 0.6) is 0 Å². The first-order valence-electron chi connectivity index (χ1n) is 9.98. The highest BCUT2D eigenvalue weighted by Crippen LogP contribution is 2.31. The quantitative estimate of drug-likeness (QED) is 0.310. The van der Waals surface area contributed by atoms with Gasteiger partial charge in [-0.25, -0.2) is 9.78 Å². The lowest BCUT2D eigenvalue weighted by Gasteiger charge is -2.14. The standard InChI is InChI=1S/C21H26N4O3S2/c1-13-7-8-17(16(11-13)19(27)15-5-3-4-6-15)24-20(28)25-21-23-12-18(30-21)29-10-9-22-14(2)26/h7-8,11-12,15H,3-6,9-10H2,1-2H3,(H,22,26)(H2,23,24,25,28). The summed E-state index contributed by atoms with van der Waals surface area (Å²) in [5.74, 6) is 0.828. The third kappa shape index (κ3) is 6.30. The number of thioether (sulfide) groups is 1. The zero-order valence-corrected chi connectivity index (χ0v) is 18.8. The van der Waals surface area contributed by atoms with E-state index in [4.69, 9.17) is 0 Å². The van der Waals surface area contributed by atoms with E-state index in [1.54, 1.807) is 24.0 Å². The number of rotatable bonds is 8. The number of aromatic nitrogens is 1. The smallest absolute Gasteiger partial charge is 0.325 e. The Hall–Kier alpha value is -2.39. The molecule has 9 heteroatoms. The molecule has 1 aromatic carbocycles. The second kappa shape index (κ2) is 10.6. The maximum absolute atomic E-state index is 12.9. The van der Waals surface area contributed by atoms with Crippen LogP contribution in [-0.2, 0) is 4.79 Å². The van der Waals surface area contributed by atoms with Gasteiger partial charge in [-0.2, -0.15) is 0 Å². The molecule has 0 atom stereocenters. The van der Waals surface area contributed by atoms with Crippen molar-refractivity contribution >= 4 is 51.6 Å². The van der Waals surface area contributed by atoms with Crippen LogP contribution in [0, 0.1) is 12.8 Å². The van der Waals surface area contributed by atoms with Crippen molar-refractivity contribution in [3.8, 4) is 0 Å². The van der Waals surface area contributed by atoms with Crippen LogP contribution in [0.25, 0.3) is 0 Å². The monoisotopic (exact) mass is 446 g/mol. The Morgan fingerprint density at radius 2 is 1.97 bits per heavy atom. The van der Waals surface area contributed by atoms with E-state index < -0.39 is 6.03 Å². The molecule has 1 fully saturated rings. The Kier molecular flexibility index (Phi) is 7.87. The highest BCUT2D eigenvalue weighted by Gasteiger charge is 2.26. The Bertz CT molecular complexity index is 923. The first kappa shape index (κ1) is 22.3. The van der Waals surface area contributed by atoms with Crippen LogP contribution in [0.2, 0.25) is 0 Å². The first-order valence-corrected chi connectivity index (χ1v) is 11.8. The fraction of sp³-hybridized carbons (Fsp3) is 0.429. The van der Waals surface area contributed by atoms with Crippen LogP contribution in [0.3, 0.4) is 0 Å². The van der Waals surface area contributed by atoms with Gasteiger partial charge in [-0.05, 0) is 31.9 Å². The predicted molar refractivity (Wildman–Crippen MR) is 122 cm³/mol. The molecule has 1 aromatic heterocycles. The number of anilines is 2. The van der Waals surface area contributed by atoms with Gasteiger partial charge in [0.1, 0.15) is 0 Å². The summed E-state index contributed by atoms with van der Waals surface area (Å²) in [5.41, 5.74) is 2.09. The van der Waals surface area contributed by atoms with Gasteiger partial charge >= 0.3 is 6.03 Å². The van der Waals surface area contributed by atoms with Gasteiger partial charge in [0.25, 0.3) is 0 Å². The van der Waals surface area contributed by atoms with Gasteiger partial charge in [0, 0.05) is 30.7 Å². The van der Waals surface area contributed by atoms with Crippen LogP contribution in [0.1, 0.15) is 48.5 Å². The normalized spacial score (nSPS) is 13.8. The summed E-state index contributed by atoms with van der Waals surface area (Å²) < 4.78 is 0.947. The third-order valence-electron chi connectivity index (χ3n) is 4.84. The van der Waals surface area contributed by atoms with Crippen molar-refractivity contribution in [3.05, 3.63) is 35.5 Å². The van der Waals surface area contributed by atoms with Crippen molar-refractivity contribution in [3.63, 3.8) is 0 Å². The number of hydrogen-bond acceptors (Lipinski definition) is 6. The molecule has 1 heterocycles. The van der Waals surface area contributed by atoms with Crippen LogP contribution < -0.4 is 16.0 Å². The number of nitrogens with zero attached hydrogens (tertiary/aromatic N) is 1. The van der Waals surface area contributed by atoms with E-state index in [-0.39, 0.29) is 17.6 Å². The molecule has 30 heavy (non-hydrogen) atoms. The van der Waals surface area contributed by atoms with Gasteiger partial charge in [0.2, 0.25) is 5.91 Å². The minimum Gasteiger partial charge on any atom is -0.356 e. The van der Waals surface area contributed by atoms with Gasteiger partial charge in [-0.3, -0.25) is 14.9 Å². The highest BCUT2D eigenvalue weighted by molar-refractivity contribution is 8.01. The summed E-state index contributed by atoms with van der Waals surface area (Å²) in [7, 11) is 0. The van der Waals surface area contributed by atoms with Crippen LogP contribution in [-0.4, -0.2) is 35.0 Å². The number of amides is 3. The molecule has 2 aromatic rings. The van der Waals surface area contributed by atoms with Crippen molar-refractivity contribution in [1.82, 2.24) is 10.3 Å². The zero-order valence-electron chi connectivity index (χ0n) is 17.1. The predicted octanol–water partition coefficient (Wildman–Crippen LogP) is 4.70. The van der Waals surface area contributed by atoms with E-state index in [9.17, 15) is 14.4 Å². The fourth-order valence-electron chi connectivity index (χ4n) is 3.39. The number of carbonyl (C=O) groups is 3. The number of hydrogen-bond donors (Lipinski definition) is 3. The summed E-state index contributed by atoms with van der Waals surface area (Å²) in [6.45, 7) is 4.00. The van der Waals surface area contributed by atoms with Crippen molar-refractivity contribution in [2.45, 2.75) is 43.7 Å². The molecule has 0 spiro atoms. The number of nitrogens with one attached hydrogen (secondary N) is 3. The van der Waals surface area contributed by atoms with Gasteiger partial charge in [0.05, 0.1) is 16.1 Å². The number of thiazole rings is 1. The van der Waals surface area contributed by atoms with Gasteiger partial charge in [0.15, 0.2) is 10.9 Å². The van der Waals surface area contributed by atoms with Crippen molar-refractivity contribution < 1.29 is 14.4 Å². The average molecular weight is 447 g/mol. The number of ketones is 1. The Morgan fingerprint density at radius 3 is 2.70 bits per heavy atom. The van der Waals surface area contributed by atoms with Crippen LogP contribution in [0.4, 0.5) is 15.6 Å². The first-order chi connectivity index (χ1) is 14.4. The van der Waals surface area contributed by atoms with Gasteiger partial charge in [-0.15, -0.1) is 11.8 Å². The number of carbonyl (C=O) groups excluding carboxylic acids is 3. The summed E-state index contributed by atoms with van der Waals surface area (Å²) in [5, 5.41) is 8.75. The molecule has 3 amide bonds. The lowest BCUT2D eigenvalue weighted by atomic mass is 9.94. The molecule has 0 bridgehead atoms. The van der Waals surface area contributed by atoms with Gasteiger partial charge < -0.3 is 10.6 Å². The third-order valence-corrected chi connectivity index (χ3v) is 6.95. The SMILES string of the molecule is CC(=O)NCCSc1cnc(NC(=O)Nc2ccc(C)cc2C(=O)C2CCCC2)s1. The molecule has 0 aliphatic heterocycles. The molecule has 7 nitrogen and oxygen atoms in total. The van der Waals surface area contributed by atoms with Crippen molar-refractivity contribution in [2.24, 2.45) is 5.92 Å². The lowest BCUT2D eigenvalue weighted by molar-refractivity contribution is -0.118. The number of aryl methyl sites for hydroxylation is 1. The molecule has 0 saturated heterocycles. The van der Waals surface area contributed by atoms with Crippen LogP contribution in [0.15, 0.2) is 28.6 Å². The van der Waals surface area contributed by atoms with E-state index in [2.05, 4.69) is 20.9 Å². The summed E-state index contributed by atoms with van der Waals surface area (Å²) in [6, 6.07) is 5.09. The largest absolute Gasteiger partial charge is 0.356 e. The lowest BCUT2D eigenvalue weighted by Crippen LogP contribution is -2.22. The van der Waals surface area contributed by atoms with Crippen molar-refractivity contribution in [1.29, 1.82) is 0 Å². The molecule has 0 radical (unpaired) electrons. The Labute approximate surface area is 184 Å². The van der Waals surface area contributed by atoms with E-state index in [0.29, 0.717) is 22.9 Å². The molecule has 3 N–H and O–H groups in total. The second-order valence-electron chi connectivity index (χ2n) is 7.29. The summed E-state index contributed by atoms with van der Waals surface area (Å²) in [6.07, 6.45) is 5.70. The zero-order chi connectivity index (χ0) is 21.5. The van der Waals surface area contributed by atoms with E-state index in [1.807, 2.05) is 19.1 Å². The van der Waals surface area contributed by atoms with E-state index >= 15 is 0 Å². The number of urea groups is 1. The molecular weight excluding hydrogens is 420 g/mol. The van der Waals surface area contributed by atoms with E-state index in [0.717, 1.165) is 41.2 Å². The molecule has 3 rings (SSSR count). The molecule has 160 valence electrons. The Balaban J connectivity index is 1.58. The minimum atomic E-state index is -0.427. The maximum atomic E-state index is 12.9. The van der Waals surface area contributed by atoms with Crippen LogP contribution >= 0.6 is 23.1 Å². The molecule has 1 aliphatic carbocycles. The molecule has 1 aliphatic rings. The molecular formula is C21H26N4O3S2. The number of Topliss-reactive ketones (excluding diaryl/α,β-unsaturated/α-hetero) is 1. The fourth-order valence-corrected chi connectivity index (χ4v) is 5.19. The Morgan fingerprint density at radius 1 is 1.20 bits per heavy atom. The maximum Gasteiger partial charge on any atom is 0.325 e. The number of benzene rings is 1. The topological polar surface area (TPSA) is 100 Å². The summed E-state index contributed by atoms with van der Waals surface area (Å²) in [4.78, 5) is 40.5. The highest BCUT2D eigenvalue weighted by atomic mass is 32.2.